The molecule has 0 amide bonds. The zero-order chi connectivity index (χ0) is 37.4. The summed E-state index contributed by atoms with van der Waals surface area (Å²) in [7, 11) is 0. The normalized spacial score (nSPS) is 21.7. The zero-order valence-electron chi connectivity index (χ0n) is 31.6. The summed E-state index contributed by atoms with van der Waals surface area (Å²) in [6.07, 6.45) is 28.5. The largest absolute Gasteiger partial charge is 0.462 e. The fourth-order valence-electron chi connectivity index (χ4n) is 5.53. The minimum Gasteiger partial charge on any atom is -0.462 e. The van der Waals surface area contributed by atoms with Gasteiger partial charge in [0.05, 0.1) is 13.2 Å². The Bertz CT molecular complexity index is 975. The van der Waals surface area contributed by atoms with Crippen molar-refractivity contribution < 1.29 is 49.0 Å². The smallest absolute Gasteiger partial charge is 0.306 e. The number of ether oxygens (including phenoxy) is 4. The lowest BCUT2D eigenvalue weighted by Gasteiger charge is -2.39. The van der Waals surface area contributed by atoms with Gasteiger partial charge in [0, 0.05) is 12.8 Å². The number of rotatable bonds is 31. The highest BCUT2D eigenvalue weighted by Gasteiger charge is 2.44. The van der Waals surface area contributed by atoms with Crippen molar-refractivity contribution in [3.63, 3.8) is 0 Å². The highest BCUT2D eigenvalue weighted by molar-refractivity contribution is 5.70. The lowest BCUT2D eigenvalue weighted by atomic mass is 9.99. The molecule has 294 valence electrons. The molecule has 10 heteroatoms. The van der Waals surface area contributed by atoms with Crippen molar-refractivity contribution in [2.45, 2.75) is 179 Å². The van der Waals surface area contributed by atoms with Gasteiger partial charge >= 0.3 is 11.9 Å². The first-order valence-electron chi connectivity index (χ1n) is 19.7. The third kappa shape index (κ3) is 24.5. The molecule has 1 fully saturated rings. The summed E-state index contributed by atoms with van der Waals surface area (Å²) in [5, 5.41) is 39.9. The second-order valence-electron chi connectivity index (χ2n) is 13.4. The molecule has 0 radical (unpaired) electrons. The van der Waals surface area contributed by atoms with Crippen LogP contribution in [0.2, 0.25) is 0 Å². The SMILES string of the molecule is CCCCC/C=C/C/C=C/C/C=C/C/C=C/CCCC(=O)O[C@H](COC(=O)CCCCCCCCCCC)CO[C@@H]1O[C@H](CO)[C@H](O)C(O)C1O. The molecule has 1 aliphatic heterocycles. The maximum atomic E-state index is 12.7. The first-order chi connectivity index (χ1) is 24.8. The Balaban J connectivity index is 2.44. The lowest BCUT2D eigenvalue weighted by molar-refractivity contribution is -0.305. The number of esters is 2. The number of aliphatic hydroxyl groups excluding tert-OH is 4. The van der Waals surface area contributed by atoms with Gasteiger partial charge in [0.15, 0.2) is 12.4 Å². The van der Waals surface area contributed by atoms with Gasteiger partial charge in [-0.05, 0) is 51.4 Å². The summed E-state index contributed by atoms with van der Waals surface area (Å²) < 4.78 is 22.0. The molecular weight excluding hydrogens is 652 g/mol. The number of carbonyl (C=O) groups is 2. The van der Waals surface area contributed by atoms with E-state index in [0.717, 1.165) is 51.4 Å². The topological polar surface area (TPSA) is 152 Å². The van der Waals surface area contributed by atoms with Crippen molar-refractivity contribution in [2.24, 2.45) is 0 Å². The fourth-order valence-corrected chi connectivity index (χ4v) is 5.53. The molecule has 1 rings (SSSR count). The van der Waals surface area contributed by atoms with Crippen LogP contribution in [-0.4, -0.2) is 89.0 Å². The van der Waals surface area contributed by atoms with Crippen LogP contribution in [0.15, 0.2) is 48.6 Å². The Kier molecular flexibility index (Phi) is 29.6. The van der Waals surface area contributed by atoms with Gasteiger partial charge in [-0.25, -0.2) is 0 Å². The molecule has 0 aliphatic carbocycles. The van der Waals surface area contributed by atoms with Gasteiger partial charge < -0.3 is 39.4 Å². The molecule has 10 nitrogen and oxygen atoms in total. The monoisotopic (exact) mass is 722 g/mol. The zero-order valence-corrected chi connectivity index (χ0v) is 31.6. The van der Waals surface area contributed by atoms with Crippen LogP contribution < -0.4 is 0 Å². The van der Waals surface area contributed by atoms with Crippen molar-refractivity contribution in [3.05, 3.63) is 48.6 Å². The maximum Gasteiger partial charge on any atom is 0.306 e. The fraction of sp³-hybridized carbons (Fsp3) is 0.756. The van der Waals surface area contributed by atoms with Gasteiger partial charge in [-0.15, -0.1) is 0 Å². The molecule has 51 heavy (non-hydrogen) atoms. The molecule has 0 spiro atoms. The van der Waals surface area contributed by atoms with E-state index in [1.807, 2.05) is 6.08 Å². The van der Waals surface area contributed by atoms with Crippen LogP contribution in [0.4, 0.5) is 0 Å². The molecular formula is C41H70O10. The molecule has 0 bridgehead atoms. The van der Waals surface area contributed by atoms with E-state index in [9.17, 15) is 30.0 Å². The van der Waals surface area contributed by atoms with E-state index in [1.165, 1.54) is 51.4 Å². The minimum absolute atomic E-state index is 0.154. The Morgan fingerprint density at radius 3 is 1.71 bits per heavy atom. The van der Waals surface area contributed by atoms with E-state index in [2.05, 4.69) is 56.4 Å². The van der Waals surface area contributed by atoms with Crippen molar-refractivity contribution in [3.8, 4) is 0 Å². The molecule has 0 saturated carbocycles. The summed E-state index contributed by atoms with van der Waals surface area (Å²) in [4.78, 5) is 25.1. The van der Waals surface area contributed by atoms with E-state index >= 15 is 0 Å². The number of hydrogen-bond donors (Lipinski definition) is 4. The minimum atomic E-state index is -1.60. The van der Waals surface area contributed by atoms with E-state index in [0.29, 0.717) is 12.8 Å². The molecule has 6 atom stereocenters. The average Bonchev–Trinajstić information content (AvgIpc) is 3.13. The van der Waals surface area contributed by atoms with Crippen LogP contribution in [0.5, 0.6) is 0 Å². The predicted octanol–water partition coefficient (Wildman–Crippen LogP) is 7.32. The van der Waals surface area contributed by atoms with Gasteiger partial charge in [-0.2, -0.15) is 0 Å². The van der Waals surface area contributed by atoms with Gasteiger partial charge in [0.25, 0.3) is 0 Å². The Morgan fingerprint density at radius 1 is 0.608 bits per heavy atom. The molecule has 1 aliphatic rings. The van der Waals surface area contributed by atoms with E-state index in [-0.39, 0.29) is 26.1 Å². The Hall–Kier alpha value is -2.34. The predicted molar refractivity (Wildman–Crippen MR) is 201 cm³/mol. The average molecular weight is 723 g/mol. The van der Waals surface area contributed by atoms with E-state index < -0.39 is 55.4 Å². The highest BCUT2D eigenvalue weighted by atomic mass is 16.7. The Labute approximate surface area is 308 Å². The van der Waals surface area contributed by atoms with E-state index in [4.69, 9.17) is 18.9 Å². The van der Waals surface area contributed by atoms with Gasteiger partial charge in [-0.1, -0.05) is 127 Å². The van der Waals surface area contributed by atoms with Crippen molar-refractivity contribution in [2.75, 3.05) is 19.8 Å². The first kappa shape index (κ1) is 46.7. The van der Waals surface area contributed by atoms with Crippen molar-refractivity contribution >= 4 is 11.9 Å². The second kappa shape index (κ2) is 32.3. The summed E-state index contributed by atoms with van der Waals surface area (Å²) in [5.41, 5.74) is 0. The van der Waals surface area contributed by atoms with Crippen LogP contribution in [-0.2, 0) is 28.5 Å². The lowest BCUT2D eigenvalue weighted by Crippen LogP contribution is -2.59. The van der Waals surface area contributed by atoms with Gasteiger partial charge in [-0.3, -0.25) is 9.59 Å². The third-order valence-electron chi connectivity index (χ3n) is 8.72. The summed E-state index contributed by atoms with van der Waals surface area (Å²) in [5.74, 6) is -0.879. The molecule has 0 aromatic carbocycles. The van der Waals surface area contributed by atoms with Crippen LogP contribution >= 0.6 is 0 Å². The third-order valence-corrected chi connectivity index (χ3v) is 8.72. The maximum absolute atomic E-state index is 12.7. The molecule has 2 unspecified atom stereocenters. The van der Waals surface area contributed by atoms with Crippen LogP contribution in [0.1, 0.15) is 142 Å². The molecule has 0 aromatic rings. The first-order valence-corrected chi connectivity index (χ1v) is 19.7. The standard InChI is InChI=1S/C41H70O10/c1-3-5-7-9-11-13-14-15-16-17-18-19-20-22-24-26-28-30-37(44)50-34(33-49-41-40(47)39(46)38(45)35(31-42)51-41)32-48-36(43)29-27-25-23-21-12-10-8-6-4-2/h11,13,15-16,18-19,22,24,34-35,38-42,45-47H,3-10,12,14,17,20-21,23,25-33H2,1-2H3/b13-11+,16-15+,19-18+,24-22+/t34-,35-,38+,39?,40?,41-/m1/s1. The van der Waals surface area contributed by atoms with E-state index in [1.54, 1.807) is 0 Å². The summed E-state index contributed by atoms with van der Waals surface area (Å²) in [6, 6.07) is 0. The number of allylic oxidation sites excluding steroid dienone is 8. The molecule has 4 N–H and O–H groups in total. The summed E-state index contributed by atoms with van der Waals surface area (Å²) >= 11 is 0. The Morgan fingerprint density at radius 2 is 1.12 bits per heavy atom. The summed E-state index contributed by atoms with van der Waals surface area (Å²) in [6.45, 7) is 3.29. The number of carbonyl (C=O) groups excluding carboxylic acids is 2. The molecule has 1 saturated heterocycles. The molecule has 0 aromatic heterocycles. The number of hydrogen-bond acceptors (Lipinski definition) is 10. The number of aliphatic hydroxyl groups is 4. The van der Waals surface area contributed by atoms with Gasteiger partial charge in [0.1, 0.15) is 31.0 Å². The van der Waals surface area contributed by atoms with Crippen LogP contribution in [0.3, 0.4) is 0 Å². The number of unbranched alkanes of at least 4 members (excludes halogenated alkanes) is 12. The van der Waals surface area contributed by atoms with Crippen LogP contribution in [0.25, 0.3) is 0 Å². The highest BCUT2D eigenvalue weighted by Crippen LogP contribution is 2.22. The van der Waals surface area contributed by atoms with Crippen molar-refractivity contribution in [1.82, 2.24) is 0 Å². The molecule has 1 heterocycles. The second-order valence-corrected chi connectivity index (χ2v) is 13.4. The van der Waals surface area contributed by atoms with Crippen LogP contribution in [0, 0.1) is 0 Å². The quantitative estimate of drug-likeness (QED) is 0.0325. The van der Waals surface area contributed by atoms with Crippen molar-refractivity contribution in [1.29, 1.82) is 0 Å². The van der Waals surface area contributed by atoms with Gasteiger partial charge in [0.2, 0.25) is 0 Å².